The Morgan fingerprint density at radius 3 is 2.79 bits per heavy atom. The molecule has 0 saturated carbocycles. The number of carbonyl (C=O) groups is 1. The van der Waals surface area contributed by atoms with Gasteiger partial charge in [0.15, 0.2) is 0 Å². The maximum absolute atomic E-state index is 11.2. The van der Waals surface area contributed by atoms with E-state index in [9.17, 15) is 4.79 Å². The molecule has 1 aromatic heterocycles. The van der Waals surface area contributed by atoms with Gasteiger partial charge in [-0.3, -0.25) is 9.89 Å². The summed E-state index contributed by atoms with van der Waals surface area (Å²) in [6.07, 6.45) is 2.23. The van der Waals surface area contributed by atoms with E-state index in [1.165, 1.54) is 7.11 Å². The highest BCUT2D eigenvalue weighted by Crippen LogP contribution is 2.18. The maximum Gasteiger partial charge on any atom is 0.322 e. The van der Waals surface area contributed by atoms with Crippen LogP contribution < -0.4 is 5.73 Å². The van der Waals surface area contributed by atoms with Crippen LogP contribution in [0.1, 0.15) is 11.1 Å². The van der Waals surface area contributed by atoms with Gasteiger partial charge in [0.05, 0.1) is 18.8 Å². The molecule has 2 aromatic rings. The van der Waals surface area contributed by atoms with Crippen LogP contribution in [0.25, 0.3) is 10.9 Å². The molecule has 0 aliphatic heterocycles. The Bertz CT molecular complexity index is 557. The van der Waals surface area contributed by atoms with Gasteiger partial charge >= 0.3 is 5.97 Å². The highest BCUT2D eigenvalue weighted by atomic mass is 35.5. The van der Waals surface area contributed by atoms with E-state index >= 15 is 0 Å². The molecule has 0 unspecified atom stereocenters. The van der Waals surface area contributed by atoms with Crippen molar-refractivity contribution in [3.8, 4) is 0 Å². The average Bonchev–Trinajstić information content (AvgIpc) is 2.76. The van der Waals surface area contributed by atoms with Gasteiger partial charge in [-0.1, -0.05) is 6.07 Å². The summed E-state index contributed by atoms with van der Waals surface area (Å²) in [5, 5.41) is 7.94. The third-order valence-corrected chi connectivity index (χ3v) is 2.77. The standard InChI is InChI=1S/C12H15N3O2.2ClH/c1-7-3-8(5-10(13)12(16)17-2)4-9-6-14-15-11(7)9;;/h3-4,6,10H,5,13H2,1-2H3,(H,14,15);2*1H/t10-;;/m1../s1. The Kier molecular flexibility index (Phi) is 6.83. The smallest absolute Gasteiger partial charge is 0.322 e. The number of aromatic amines is 1. The molecule has 19 heavy (non-hydrogen) atoms. The number of hydrogen-bond donors (Lipinski definition) is 2. The lowest BCUT2D eigenvalue weighted by molar-refractivity contribution is -0.142. The van der Waals surface area contributed by atoms with E-state index in [1.54, 1.807) is 6.20 Å². The second-order valence-corrected chi connectivity index (χ2v) is 4.08. The first-order valence-corrected chi connectivity index (χ1v) is 5.38. The molecule has 0 fully saturated rings. The van der Waals surface area contributed by atoms with Crippen LogP contribution in [0.3, 0.4) is 0 Å². The Morgan fingerprint density at radius 1 is 1.47 bits per heavy atom. The zero-order chi connectivity index (χ0) is 12.4. The van der Waals surface area contributed by atoms with Crippen molar-refractivity contribution in [3.63, 3.8) is 0 Å². The van der Waals surface area contributed by atoms with Crippen molar-refractivity contribution in [2.24, 2.45) is 5.73 Å². The second-order valence-electron chi connectivity index (χ2n) is 4.08. The Morgan fingerprint density at radius 2 is 2.16 bits per heavy atom. The largest absolute Gasteiger partial charge is 0.468 e. The first-order chi connectivity index (χ1) is 8.11. The number of methoxy groups -OCH3 is 1. The summed E-state index contributed by atoms with van der Waals surface area (Å²) in [6, 6.07) is 3.36. The molecule has 2 rings (SSSR count). The number of ether oxygens (including phenoxy) is 1. The zero-order valence-electron chi connectivity index (χ0n) is 10.7. The summed E-state index contributed by atoms with van der Waals surface area (Å²) >= 11 is 0. The first-order valence-electron chi connectivity index (χ1n) is 5.38. The lowest BCUT2D eigenvalue weighted by Crippen LogP contribution is -2.33. The van der Waals surface area contributed by atoms with Crippen molar-refractivity contribution in [1.29, 1.82) is 0 Å². The predicted molar refractivity (Wildman–Crippen MR) is 79.0 cm³/mol. The topological polar surface area (TPSA) is 81.0 Å². The van der Waals surface area contributed by atoms with Gasteiger partial charge in [-0.15, -0.1) is 24.8 Å². The maximum atomic E-state index is 11.2. The van der Waals surface area contributed by atoms with Crippen molar-refractivity contribution in [2.75, 3.05) is 7.11 Å². The number of aryl methyl sites for hydroxylation is 1. The molecule has 0 bridgehead atoms. The second kappa shape index (κ2) is 7.33. The lowest BCUT2D eigenvalue weighted by Gasteiger charge is -2.10. The van der Waals surface area contributed by atoms with Crippen LogP contribution in [0.2, 0.25) is 0 Å². The third-order valence-electron chi connectivity index (χ3n) is 2.77. The van der Waals surface area contributed by atoms with Crippen LogP contribution in [0.4, 0.5) is 0 Å². The minimum Gasteiger partial charge on any atom is -0.468 e. The summed E-state index contributed by atoms with van der Waals surface area (Å²) < 4.78 is 4.60. The summed E-state index contributed by atoms with van der Waals surface area (Å²) in [5.74, 6) is -0.394. The number of hydrogen-bond acceptors (Lipinski definition) is 4. The lowest BCUT2D eigenvalue weighted by atomic mass is 10.0. The van der Waals surface area contributed by atoms with E-state index < -0.39 is 12.0 Å². The molecule has 1 heterocycles. The van der Waals surface area contributed by atoms with Gasteiger partial charge < -0.3 is 10.5 Å². The van der Waals surface area contributed by atoms with Gasteiger partial charge in [-0.2, -0.15) is 5.10 Å². The van der Waals surface area contributed by atoms with Crippen molar-refractivity contribution >= 4 is 41.7 Å². The average molecular weight is 306 g/mol. The molecule has 0 amide bonds. The Labute approximate surface area is 123 Å². The molecular weight excluding hydrogens is 289 g/mol. The number of esters is 1. The van der Waals surface area contributed by atoms with Gasteiger partial charge in [0.2, 0.25) is 0 Å². The van der Waals surface area contributed by atoms with E-state index in [4.69, 9.17) is 5.73 Å². The molecule has 1 aromatic carbocycles. The number of fused-ring (bicyclic) bond motifs is 1. The first kappa shape index (κ1) is 17.7. The summed E-state index contributed by atoms with van der Waals surface area (Å²) in [6.45, 7) is 1.99. The molecule has 0 radical (unpaired) electrons. The van der Waals surface area contributed by atoms with Gasteiger partial charge in [0.25, 0.3) is 0 Å². The molecule has 0 aliphatic carbocycles. The number of halogens is 2. The van der Waals surface area contributed by atoms with E-state index in [-0.39, 0.29) is 24.8 Å². The molecule has 7 heteroatoms. The molecule has 1 atom stereocenters. The number of nitrogens with two attached hydrogens (primary N) is 1. The van der Waals surface area contributed by atoms with Gasteiger partial charge in [-0.25, -0.2) is 0 Å². The molecule has 0 saturated heterocycles. The number of aromatic nitrogens is 2. The number of rotatable bonds is 3. The van der Waals surface area contributed by atoms with Crippen molar-refractivity contribution in [3.05, 3.63) is 29.5 Å². The normalized spacial score (nSPS) is 11.3. The third kappa shape index (κ3) is 3.83. The van der Waals surface area contributed by atoms with Crippen molar-refractivity contribution in [2.45, 2.75) is 19.4 Å². The molecule has 0 spiro atoms. The fourth-order valence-corrected chi connectivity index (χ4v) is 1.92. The van der Waals surface area contributed by atoms with E-state index in [2.05, 4.69) is 14.9 Å². The van der Waals surface area contributed by atoms with Crippen LogP contribution in [0.5, 0.6) is 0 Å². The minimum atomic E-state index is -0.622. The molecular formula is C12H17Cl2N3O2. The Hall–Kier alpha value is -1.30. The Balaban J connectivity index is 0.00000162. The van der Waals surface area contributed by atoms with Crippen LogP contribution >= 0.6 is 24.8 Å². The highest BCUT2D eigenvalue weighted by molar-refractivity contribution is 5.85. The summed E-state index contributed by atoms with van der Waals surface area (Å²) in [5.41, 5.74) is 8.84. The molecule has 5 nitrogen and oxygen atoms in total. The van der Waals surface area contributed by atoms with Gasteiger partial charge in [0.1, 0.15) is 6.04 Å². The van der Waals surface area contributed by atoms with Crippen LogP contribution in [-0.4, -0.2) is 29.3 Å². The van der Waals surface area contributed by atoms with Crippen molar-refractivity contribution in [1.82, 2.24) is 10.2 Å². The predicted octanol–water partition coefficient (Wildman–Crippen LogP) is 1.76. The van der Waals surface area contributed by atoms with Crippen LogP contribution in [-0.2, 0) is 16.0 Å². The molecule has 106 valence electrons. The van der Waals surface area contributed by atoms with E-state index in [0.717, 1.165) is 22.0 Å². The summed E-state index contributed by atoms with van der Waals surface area (Å²) in [4.78, 5) is 11.2. The van der Waals surface area contributed by atoms with Gasteiger partial charge in [-0.05, 0) is 30.5 Å². The SMILES string of the molecule is COC(=O)[C@H](N)Cc1cc(C)c2[nH]ncc2c1.Cl.Cl. The number of carbonyl (C=O) groups excluding carboxylic acids is 1. The zero-order valence-corrected chi connectivity index (χ0v) is 12.3. The molecule has 0 aliphatic rings. The summed E-state index contributed by atoms with van der Waals surface area (Å²) in [7, 11) is 1.34. The van der Waals surface area contributed by atoms with E-state index in [1.807, 2.05) is 19.1 Å². The fourth-order valence-electron chi connectivity index (χ4n) is 1.92. The minimum absolute atomic E-state index is 0. The molecule has 3 N–H and O–H groups in total. The van der Waals surface area contributed by atoms with Crippen LogP contribution in [0.15, 0.2) is 18.3 Å². The monoisotopic (exact) mass is 305 g/mol. The van der Waals surface area contributed by atoms with Gasteiger partial charge in [0, 0.05) is 5.39 Å². The highest BCUT2D eigenvalue weighted by Gasteiger charge is 2.15. The number of benzene rings is 1. The quantitative estimate of drug-likeness (QED) is 0.847. The number of H-pyrrole nitrogens is 1. The van der Waals surface area contributed by atoms with Crippen LogP contribution in [0, 0.1) is 6.92 Å². The fraction of sp³-hybridized carbons (Fsp3) is 0.333. The number of nitrogens with zero attached hydrogens (tertiary/aromatic N) is 1. The van der Waals surface area contributed by atoms with E-state index in [0.29, 0.717) is 6.42 Å². The number of nitrogens with one attached hydrogen (secondary N) is 1. The van der Waals surface area contributed by atoms with Crippen molar-refractivity contribution < 1.29 is 9.53 Å².